The molecule has 2 rings (SSSR count). The van der Waals surface area contributed by atoms with Gasteiger partial charge in [0.1, 0.15) is 0 Å². The molecule has 0 spiro atoms. The Balaban J connectivity index is 2.11. The second kappa shape index (κ2) is 4.57. The summed E-state index contributed by atoms with van der Waals surface area (Å²) in [6.45, 7) is 0. The molecule has 0 fully saturated rings. The summed E-state index contributed by atoms with van der Waals surface area (Å²) in [5.74, 6) is 0.00412. The number of carbonyl (C=O) groups excluding carboxylic acids is 1. The van der Waals surface area contributed by atoms with Crippen molar-refractivity contribution in [1.29, 1.82) is 0 Å². The van der Waals surface area contributed by atoms with Gasteiger partial charge >= 0.3 is 0 Å². The number of carbonyl (C=O) groups is 1. The average Bonchev–Trinajstić information content (AvgIpc) is 2.73. The van der Waals surface area contributed by atoms with E-state index in [0.717, 1.165) is 5.56 Å². The van der Waals surface area contributed by atoms with E-state index in [2.05, 4.69) is 5.10 Å². The van der Waals surface area contributed by atoms with Crippen molar-refractivity contribution >= 4 is 11.9 Å². The van der Waals surface area contributed by atoms with E-state index in [0.29, 0.717) is 5.56 Å². The minimum absolute atomic E-state index is 0.00412. The van der Waals surface area contributed by atoms with Gasteiger partial charge in [-0.15, -0.1) is 0 Å². The highest BCUT2D eigenvalue weighted by molar-refractivity contribution is 6.06. The summed E-state index contributed by atoms with van der Waals surface area (Å²) < 4.78 is 1.70. The van der Waals surface area contributed by atoms with Gasteiger partial charge < -0.3 is 0 Å². The molecule has 0 N–H and O–H groups in total. The number of hydrogen-bond acceptors (Lipinski definition) is 2. The molecule has 3 heteroatoms. The van der Waals surface area contributed by atoms with Crippen LogP contribution < -0.4 is 0 Å². The number of nitrogens with zero attached hydrogens (tertiary/aromatic N) is 2. The first-order valence-electron chi connectivity index (χ1n) is 5.02. The summed E-state index contributed by atoms with van der Waals surface area (Å²) in [7, 11) is 1.84. The lowest BCUT2D eigenvalue weighted by Crippen LogP contribution is -1.92. The molecule has 0 aliphatic rings. The molecule has 1 heterocycles. The summed E-state index contributed by atoms with van der Waals surface area (Å²) in [5, 5.41) is 4.02. The Morgan fingerprint density at radius 1 is 1.31 bits per heavy atom. The van der Waals surface area contributed by atoms with Crippen LogP contribution >= 0.6 is 0 Å². The number of aromatic nitrogens is 2. The number of allylic oxidation sites excluding steroid dienone is 1. The largest absolute Gasteiger partial charge is 0.289 e. The molecule has 2 aromatic rings. The Morgan fingerprint density at radius 2 is 2.06 bits per heavy atom. The Bertz CT molecular complexity index is 512. The summed E-state index contributed by atoms with van der Waals surface area (Å²) in [6, 6.07) is 9.20. The molecule has 0 amide bonds. The van der Waals surface area contributed by atoms with Crippen molar-refractivity contribution < 1.29 is 4.79 Å². The Hall–Kier alpha value is -2.16. The van der Waals surface area contributed by atoms with Crippen LogP contribution in [0.25, 0.3) is 6.08 Å². The van der Waals surface area contributed by atoms with E-state index in [1.54, 1.807) is 35.2 Å². The van der Waals surface area contributed by atoms with E-state index in [9.17, 15) is 4.79 Å². The first kappa shape index (κ1) is 10.4. The van der Waals surface area contributed by atoms with E-state index in [4.69, 9.17) is 0 Å². The molecule has 0 unspecified atom stereocenters. The van der Waals surface area contributed by atoms with Gasteiger partial charge in [0.15, 0.2) is 5.78 Å². The predicted octanol–water partition coefficient (Wildman–Crippen LogP) is 2.32. The normalized spacial score (nSPS) is 10.8. The SMILES string of the molecule is Cn1cc(C=CC(=O)c2ccccc2)cn1. The molecule has 16 heavy (non-hydrogen) atoms. The molecule has 0 saturated heterocycles. The monoisotopic (exact) mass is 212 g/mol. The zero-order chi connectivity index (χ0) is 11.4. The number of rotatable bonds is 3. The van der Waals surface area contributed by atoms with Crippen molar-refractivity contribution in [3.8, 4) is 0 Å². The molecule has 0 atom stereocenters. The van der Waals surface area contributed by atoms with E-state index < -0.39 is 0 Å². The number of ketones is 1. The zero-order valence-electron chi connectivity index (χ0n) is 9.00. The predicted molar refractivity (Wildman–Crippen MR) is 63.0 cm³/mol. The standard InChI is InChI=1S/C13H12N2O/c1-15-10-11(9-14-15)7-8-13(16)12-5-3-2-4-6-12/h2-10H,1H3. The maximum absolute atomic E-state index is 11.7. The zero-order valence-corrected chi connectivity index (χ0v) is 9.00. The molecular weight excluding hydrogens is 200 g/mol. The van der Waals surface area contributed by atoms with Crippen molar-refractivity contribution in [3.63, 3.8) is 0 Å². The minimum atomic E-state index is 0.00412. The number of aryl methyl sites for hydroxylation is 1. The molecule has 0 radical (unpaired) electrons. The highest BCUT2D eigenvalue weighted by Crippen LogP contribution is 2.04. The van der Waals surface area contributed by atoms with E-state index in [-0.39, 0.29) is 5.78 Å². The molecular formula is C13H12N2O. The van der Waals surface area contributed by atoms with Gasteiger partial charge in [-0.2, -0.15) is 5.10 Å². The van der Waals surface area contributed by atoms with Crippen molar-refractivity contribution in [1.82, 2.24) is 9.78 Å². The highest BCUT2D eigenvalue weighted by Gasteiger charge is 1.99. The van der Waals surface area contributed by atoms with Gasteiger partial charge in [0.2, 0.25) is 0 Å². The molecule has 1 aromatic heterocycles. The first-order chi connectivity index (χ1) is 7.75. The third kappa shape index (κ3) is 2.45. The smallest absolute Gasteiger partial charge is 0.185 e. The van der Waals surface area contributed by atoms with Crippen LogP contribution in [0.1, 0.15) is 15.9 Å². The van der Waals surface area contributed by atoms with Gasteiger partial charge in [-0.1, -0.05) is 30.3 Å². The molecule has 0 aliphatic heterocycles. The first-order valence-corrected chi connectivity index (χ1v) is 5.02. The molecule has 0 bridgehead atoms. The molecule has 0 saturated carbocycles. The lowest BCUT2D eigenvalue weighted by Gasteiger charge is -1.92. The van der Waals surface area contributed by atoms with Crippen LogP contribution in [-0.2, 0) is 7.05 Å². The van der Waals surface area contributed by atoms with E-state index in [1.165, 1.54) is 0 Å². The van der Waals surface area contributed by atoms with E-state index in [1.807, 2.05) is 31.4 Å². The second-order valence-corrected chi connectivity index (χ2v) is 3.51. The fourth-order valence-corrected chi connectivity index (χ4v) is 1.40. The van der Waals surface area contributed by atoms with Crippen LogP contribution in [-0.4, -0.2) is 15.6 Å². The van der Waals surface area contributed by atoms with Crippen molar-refractivity contribution in [2.75, 3.05) is 0 Å². The maximum Gasteiger partial charge on any atom is 0.185 e. The van der Waals surface area contributed by atoms with Crippen LogP contribution in [0.15, 0.2) is 48.8 Å². The number of benzene rings is 1. The lowest BCUT2D eigenvalue weighted by molar-refractivity contribution is 0.104. The van der Waals surface area contributed by atoms with Gasteiger partial charge in [-0.3, -0.25) is 9.48 Å². The lowest BCUT2D eigenvalue weighted by atomic mass is 10.1. The molecule has 0 aliphatic carbocycles. The topological polar surface area (TPSA) is 34.9 Å². The van der Waals surface area contributed by atoms with Crippen LogP contribution in [0, 0.1) is 0 Å². The average molecular weight is 212 g/mol. The van der Waals surface area contributed by atoms with Gasteiger partial charge in [-0.05, 0) is 12.2 Å². The van der Waals surface area contributed by atoms with Gasteiger partial charge in [0.05, 0.1) is 6.20 Å². The van der Waals surface area contributed by atoms with Gasteiger partial charge in [-0.25, -0.2) is 0 Å². The second-order valence-electron chi connectivity index (χ2n) is 3.51. The third-order valence-corrected chi connectivity index (χ3v) is 2.21. The Morgan fingerprint density at radius 3 is 2.69 bits per heavy atom. The summed E-state index contributed by atoms with van der Waals surface area (Å²) >= 11 is 0. The van der Waals surface area contributed by atoms with Crippen LogP contribution in [0.3, 0.4) is 0 Å². The third-order valence-electron chi connectivity index (χ3n) is 2.21. The van der Waals surface area contributed by atoms with Crippen molar-refractivity contribution in [2.24, 2.45) is 7.05 Å². The molecule has 80 valence electrons. The van der Waals surface area contributed by atoms with Crippen molar-refractivity contribution in [2.45, 2.75) is 0 Å². The number of hydrogen-bond donors (Lipinski definition) is 0. The van der Waals surface area contributed by atoms with Gasteiger partial charge in [0, 0.05) is 24.4 Å². The van der Waals surface area contributed by atoms with Crippen LogP contribution in [0.2, 0.25) is 0 Å². The fraction of sp³-hybridized carbons (Fsp3) is 0.0769. The van der Waals surface area contributed by atoms with Crippen LogP contribution in [0.5, 0.6) is 0 Å². The van der Waals surface area contributed by atoms with Crippen LogP contribution in [0.4, 0.5) is 0 Å². The Kier molecular flexibility index (Phi) is 2.96. The quantitative estimate of drug-likeness (QED) is 0.578. The fourth-order valence-electron chi connectivity index (χ4n) is 1.40. The summed E-state index contributed by atoms with van der Waals surface area (Å²) in [6.07, 6.45) is 6.90. The van der Waals surface area contributed by atoms with Crippen molar-refractivity contribution in [3.05, 3.63) is 59.9 Å². The molecule has 3 nitrogen and oxygen atoms in total. The minimum Gasteiger partial charge on any atom is -0.289 e. The molecule has 1 aromatic carbocycles. The van der Waals surface area contributed by atoms with E-state index >= 15 is 0 Å². The Labute approximate surface area is 94.0 Å². The highest BCUT2D eigenvalue weighted by atomic mass is 16.1. The summed E-state index contributed by atoms with van der Waals surface area (Å²) in [4.78, 5) is 11.7. The van der Waals surface area contributed by atoms with Gasteiger partial charge in [0.25, 0.3) is 0 Å². The summed E-state index contributed by atoms with van der Waals surface area (Å²) in [5.41, 5.74) is 1.62. The maximum atomic E-state index is 11.7.